The quantitative estimate of drug-likeness (QED) is 0.209. The Hall–Kier alpha value is -3.92. The molecule has 0 saturated carbocycles. The van der Waals surface area contributed by atoms with E-state index in [1.165, 1.54) is 19.1 Å². The van der Waals surface area contributed by atoms with Crippen LogP contribution in [0.15, 0.2) is 29.8 Å². The summed E-state index contributed by atoms with van der Waals surface area (Å²) in [5.74, 6) is -3.03. The molecule has 1 atom stereocenters. The van der Waals surface area contributed by atoms with Gasteiger partial charge in [-0.1, -0.05) is 26.0 Å². The maximum atomic E-state index is 13.4. The average Bonchev–Trinajstić information content (AvgIpc) is 3.36. The molecule has 3 rings (SSSR count). The van der Waals surface area contributed by atoms with E-state index in [0.717, 1.165) is 19.6 Å². The number of hydrogen-bond donors (Lipinski definition) is 2. The first-order chi connectivity index (χ1) is 18.1. The van der Waals surface area contributed by atoms with Crippen molar-refractivity contribution in [2.75, 3.05) is 40.4 Å². The molecule has 2 aromatic rings. The number of Topliss-reactive ketones (excluding diaryl/α,β-unsaturated/α-hetero) is 1. The summed E-state index contributed by atoms with van der Waals surface area (Å²) < 4.78 is 9.59. The largest absolute Gasteiger partial charge is 0.507 e. The summed E-state index contributed by atoms with van der Waals surface area (Å²) in [6.45, 7) is 10.2. The molecule has 1 fully saturated rings. The summed E-state index contributed by atoms with van der Waals surface area (Å²) >= 11 is 0. The Balaban J connectivity index is 2.14. The lowest BCUT2D eigenvalue weighted by Crippen LogP contribution is -2.33. The third-order valence-corrected chi connectivity index (χ3v) is 7.02. The Morgan fingerprint density at radius 3 is 2.18 bits per heavy atom. The third-order valence-electron chi connectivity index (χ3n) is 7.02. The van der Waals surface area contributed by atoms with E-state index in [1.54, 1.807) is 38.1 Å². The van der Waals surface area contributed by atoms with E-state index in [4.69, 9.17) is 9.47 Å². The van der Waals surface area contributed by atoms with Crippen LogP contribution in [0.2, 0.25) is 0 Å². The summed E-state index contributed by atoms with van der Waals surface area (Å²) in [6, 6.07) is 5.52. The Kier molecular flexibility index (Phi) is 9.11. The zero-order valence-electron chi connectivity index (χ0n) is 22.7. The molecule has 38 heavy (non-hydrogen) atoms. The highest BCUT2D eigenvalue weighted by molar-refractivity contribution is 6.46. The Bertz CT molecular complexity index is 1260. The molecule has 1 saturated heterocycles. The maximum absolute atomic E-state index is 13.4. The minimum Gasteiger partial charge on any atom is -0.507 e. The number of hydrogen-bond acceptors (Lipinski definition) is 8. The van der Waals surface area contributed by atoms with Gasteiger partial charge in [0.05, 0.1) is 31.4 Å². The molecular weight excluding hydrogens is 490 g/mol. The lowest BCUT2D eigenvalue weighted by atomic mass is 9.93. The Morgan fingerprint density at radius 1 is 1.03 bits per heavy atom. The number of nitrogens with zero attached hydrogens (tertiary/aromatic N) is 2. The molecule has 204 valence electrons. The Morgan fingerprint density at radius 2 is 1.63 bits per heavy atom. The van der Waals surface area contributed by atoms with Crippen LogP contribution in [-0.2, 0) is 19.1 Å². The molecule has 1 aliphatic heterocycles. The number of aliphatic hydroxyl groups excluding tert-OH is 1. The molecule has 0 unspecified atom stereocenters. The standard InChI is InChI=1S/C28H35N3O7/c1-7-30(8-2)14-9-15-31-23(18-10-12-19(13-11-18)27(35)37-5)21(25(33)26(31)34)24(32)20-16(3)22(28(36)38-6)29-17(20)4/h10-13,23,29,32H,7-9,14-15H2,1-6H3/t23-/m1/s1. The van der Waals surface area contributed by atoms with E-state index in [2.05, 4.69) is 23.7 Å². The number of amides is 1. The van der Waals surface area contributed by atoms with E-state index in [9.17, 15) is 24.3 Å². The molecule has 2 N–H and O–H groups in total. The number of aliphatic hydroxyl groups is 1. The number of aromatic amines is 1. The summed E-state index contributed by atoms with van der Waals surface area (Å²) in [4.78, 5) is 57.4. The monoisotopic (exact) mass is 525 g/mol. The van der Waals surface area contributed by atoms with Gasteiger partial charge in [-0.25, -0.2) is 9.59 Å². The average molecular weight is 526 g/mol. The van der Waals surface area contributed by atoms with Gasteiger partial charge >= 0.3 is 11.9 Å². The van der Waals surface area contributed by atoms with E-state index >= 15 is 0 Å². The van der Waals surface area contributed by atoms with Gasteiger partial charge in [-0.3, -0.25) is 9.59 Å². The van der Waals surface area contributed by atoms with Crippen LogP contribution in [-0.4, -0.2) is 83.9 Å². The minimum absolute atomic E-state index is 0.0785. The van der Waals surface area contributed by atoms with Crippen molar-refractivity contribution in [1.29, 1.82) is 0 Å². The normalized spacial score (nSPS) is 16.8. The molecule has 1 aromatic heterocycles. The van der Waals surface area contributed by atoms with Crippen LogP contribution in [0.5, 0.6) is 0 Å². The van der Waals surface area contributed by atoms with Gasteiger partial charge in [0.1, 0.15) is 11.5 Å². The highest BCUT2D eigenvalue weighted by Crippen LogP contribution is 2.41. The van der Waals surface area contributed by atoms with Crippen LogP contribution in [0.1, 0.15) is 69.5 Å². The van der Waals surface area contributed by atoms with Crippen molar-refractivity contribution in [3.63, 3.8) is 0 Å². The molecule has 1 aromatic carbocycles. The lowest BCUT2D eigenvalue weighted by molar-refractivity contribution is -0.140. The number of carbonyl (C=O) groups excluding carboxylic acids is 4. The van der Waals surface area contributed by atoms with Crippen molar-refractivity contribution in [2.24, 2.45) is 0 Å². The van der Waals surface area contributed by atoms with E-state index in [-0.39, 0.29) is 22.6 Å². The molecule has 0 radical (unpaired) electrons. The molecule has 10 nitrogen and oxygen atoms in total. The van der Waals surface area contributed by atoms with Crippen LogP contribution in [0.4, 0.5) is 0 Å². The number of methoxy groups -OCH3 is 2. The fraction of sp³-hybridized carbons (Fsp3) is 0.429. The van der Waals surface area contributed by atoms with E-state index in [0.29, 0.717) is 35.3 Å². The van der Waals surface area contributed by atoms with Crippen molar-refractivity contribution in [3.8, 4) is 0 Å². The highest BCUT2D eigenvalue weighted by atomic mass is 16.5. The van der Waals surface area contributed by atoms with Gasteiger partial charge < -0.3 is 29.4 Å². The molecule has 1 aliphatic rings. The highest BCUT2D eigenvalue weighted by Gasteiger charge is 2.46. The lowest BCUT2D eigenvalue weighted by Gasteiger charge is -2.27. The number of aryl methyl sites for hydroxylation is 1. The van der Waals surface area contributed by atoms with Gasteiger partial charge in [0.25, 0.3) is 11.7 Å². The maximum Gasteiger partial charge on any atom is 0.354 e. The van der Waals surface area contributed by atoms with Gasteiger partial charge in [-0.15, -0.1) is 0 Å². The molecule has 0 spiro atoms. The smallest absolute Gasteiger partial charge is 0.354 e. The number of likely N-dealkylation sites (tertiary alicyclic amines) is 1. The number of carbonyl (C=O) groups is 4. The fourth-order valence-electron chi connectivity index (χ4n) is 4.93. The van der Waals surface area contributed by atoms with Crippen molar-refractivity contribution in [3.05, 3.63) is 63.5 Å². The fourth-order valence-corrected chi connectivity index (χ4v) is 4.93. The second kappa shape index (κ2) is 12.1. The first kappa shape index (κ1) is 28.6. The zero-order valence-corrected chi connectivity index (χ0v) is 22.7. The second-order valence-electron chi connectivity index (χ2n) is 9.10. The number of aromatic nitrogens is 1. The zero-order chi connectivity index (χ0) is 28.1. The number of benzene rings is 1. The molecule has 2 heterocycles. The molecule has 1 amide bonds. The van der Waals surface area contributed by atoms with E-state index in [1.807, 2.05) is 0 Å². The number of ether oxygens (including phenoxy) is 2. The number of H-pyrrole nitrogens is 1. The van der Waals surface area contributed by atoms with Gasteiger partial charge in [-0.2, -0.15) is 0 Å². The third kappa shape index (κ3) is 5.35. The topological polar surface area (TPSA) is 129 Å². The summed E-state index contributed by atoms with van der Waals surface area (Å²) in [6.07, 6.45) is 0.625. The molecule has 0 bridgehead atoms. The van der Waals surface area contributed by atoms with Crippen LogP contribution < -0.4 is 0 Å². The summed E-state index contributed by atoms with van der Waals surface area (Å²) in [7, 11) is 2.53. The van der Waals surface area contributed by atoms with Crippen molar-refractivity contribution >= 4 is 29.4 Å². The molecule has 0 aliphatic carbocycles. The second-order valence-corrected chi connectivity index (χ2v) is 9.10. The van der Waals surface area contributed by atoms with Crippen molar-refractivity contribution in [1.82, 2.24) is 14.8 Å². The van der Waals surface area contributed by atoms with E-state index < -0.39 is 29.7 Å². The number of rotatable bonds is 10. The molecular formula is C28H35N3O7. The van der Waals surface area contributed by atoms with Gasteiger partial charge in [0, 0.05) is 17.8 Å². The van der Waals surface area contributed by atoms with Crippen LogP contribution in [0, 0.1) is 13.8 Å². The van der Waals surface area contributed by atoms with Gasteiger partial charge in [-0.05, 0) is 63.2 Å². The first-order valence-corrected chi connectivity index (χ1v) is 12.6. The predicted octanol–water partition coefficient (Wildman–Crippen LogP) is 3.36. The van der Waals surface area contributed by atoms with Gasteiger partial charge in [0.2, 0.25) is 0 Å². The molecule has 10 heteroatoms. The van der Waals surface area contributed by atoms with Crippen LogP contribution in [0.25, 0.3) is 5.76 Å². The number of ketones is 1. The summed E-state index contributed by atoms with van der Waals surface area (Å²) in [5.41, 5.74) is 2.06. The number of esters is 2. The Labute approximate surface area is 222 Å². The van der Waals surface area contributed by atoms with Crippen LogP contribution >= 0.6 is 0 Å². The van der Waals surface area contributed by atoms with Crippen LogP contribution in [0.3, 0.4) is 0 Å². The van der Waals surface area contributed by atoms with Crippen molar-refractivity contribution in [2.45, 2.75) is 40.2 Å². The summed E-state index contributed by atoms with van der Waals surface area (Å²) in [5, 5.41) is 11.5. The predicted molar refractivity (Wildman–Crippen MR) is 141 cm³/mol. The number of nitrogens with one attached hydrogen (secondary N) is 1. The minimum atomic E-state index is -0.881. The van der Waals surface area contributed by atoms with Crippen molar-refractivity contribution < 1.29 is 33.8 Å². The van der Waals surface area contributed by atoms with Gasteiger partial charge in [0.15, 0.2) is 0 Å². The first-order valence-electron chi connectivity index (χ1n) is 12.6. The SMILES string of the molecule is CCN(CC)CCCN1C(=O)C(=O)C(=C(O)c2c(C)[nH]c(C(=O)OC)c2C)[C@H]1c1ccc(C(=O)OC)cc1.